The highest BCUT2D eigenvalue weighted by Gasteiger charge is 2.50. The van der Waals surface area contributed by atoms with Gasteiger partial charge in [0.05, 0.1) is 60.6 Å². The first-order valence-corrected chi connectivity index (χ1v) is 29.5. The highest BCUT2D eigenvalue weighted by Crippen LogP contribution is 2.48. The van der Waals surface area contributed by atoms with E-state index in [1.807, 2.05) is 9.80 Å². The Bertz CT molecular complexity index is 3080. The molecule has 2 aliphatic heterocycles. The molecule has 2 aromatic heterocycles. The minimum Gasteiger partial charge on any atom is -0.453 e. The molecule has 0 radical (unpaired) electrons. The first-order chi connectivity index (χ1) is 38.8. The monoisotopic (exact) mass is 1090 g/mol. The van der Waals surface area contributed by atoms with Crippen LogP contribution in [0.25, 0.3) is 44.3 Å². The van der Waals surface area contributed by atoms with Crippen molar-refractivity contribution in [1.82, 2.24) is 40.4 Å². The van der Waals surface area contributed by atoms with Crippen LogP contribution in [0.4, 0.5) is 9.59 Å². The number of imidazole rings is 2. The minimum atomic E-state index is -0.909. The number of nitrogens with one attached hydrogen (secondary N) is 4. The van der Waals surface area contributed by atoms with Gasteiger partial charge in [-0.15, -0.1) is 0 Å². The lowest BCUT2D eigenvalue weighted by atomic mass is 9.83. The summed E-state index contributed by atoms with van der Waals surface area (Å²) >= 11 is 0. The largest absolute Gasteiger partial charge is 0.453 e. The van der Waals surface area contributed by atoms with Crippen molar-refractivity contribution in [3.8, 4) is 22.3 Å². The molecule has 0 spiro atoms. The maximum atomic E-state index is 14.7. The Hall–Kier alpha value is -6.78. The number of likely N-dealkylation sites (tertiary alicyclic amines) is 2. The van der Waals surface area contributed by atoms with Crippen molar-refractivity contribution in [3.63, 3.8) is 0 Å². The number of fused-ring (bicyclic) bond motifs is 4. The quantitative estimate of drug-likeness (QED) is 0.0816. The Morgan fingerprint density at radius 1 is 0.562 bits per heavy atom. The molecule has 2 saturated heterocycles. The lowest BCUT2D eigenvalue weighted by Crippen LogP contribution is -2.56. The number of alkyl carbamates (subject to hydrolysis) is 2. The summed E-state index contributed by atoms with van der Waals surface area (Å²) in [7, 11) is 5.72. The SMILES string of the molecule is CCc1cc2c(-c3ccc4nc([C@@H]5C[C@@H]6CCCC[C@@H]6N5C(=O)[C@@H](NC(=O)OC)[C@@H](C)OC)[nH]c4c3)cc1CCc1cc(CC)c(cc1-c1ccc3nc([C@@H]4C[C@@H]5CCCC[C@@H]5N4C(=O)[C@@H](NC(=O)OC)[C@@H](C)OC)[nH]c3c1)CC2. The van der Waals surface area contributed by atoms with E-state index in [1.54, 1.807) is 28.1 Å². The lowest BCUT2D eigenvalue weighted by Gasteiger charge is -2.37. The van der Waals surface area contributed by atoms with Gasteiger partial charge in [-0.05, 0) is 183 Å². The number of nitrogens with zero attached hydrogens (tertiary/aromatic N) is 4. The van der Waals surface area contributed by atoms with E-state index in [9.17, 15) is 19.2 Å². The number of carbonyl (C=O) groups is 4. The van der Waals surface area contributed by atoms with E-state index in [-0.39, 0.29) is 36.0 Å². The molecule has 16 heteroatoms. The zero-order chi connectivity index (χ0) is 55.9. The molecule has 4 bridgehead atoms. The van der Waals surface area contributed by atoms with Crippen LogP contribution in [0.5, 0.6) is 0 Å². The maximum Gasteiger partial charge on any atom is 0.407 e. The summed E-state index contributed by atoms with van der Waals surface area (Å²) in [5, 5.41) is 5.56. The van der Waals surface area contributed by atoms with Crippen LogP contribution in [-0.4, -0.2) is 119 Å². The number of benzene rings is 4. The minimum absolute atomic E-state index is 0.0529. The summed E-state index contributed by atoms with van der Waals surface area (Å²) in [6.07, 6.45) is 12.8. The average Bonchev–Trinajstić information content (AvgIpc) is 4.35. The number of aryl methyl sites for hydroxylation is 6. The molecule has 14 rings (SSSR count). The number of amides is 4. The standard InChI is InChI=1S/C64H80N8O8/c1-9-37-27-41-22-20-40-30-48(44-24-26-50-52(32-44)68-60(66-50)56-34-46-16-12-14-18-54(46)72(56)62(74)58(36(4)78-6)70-64(76)80-8)42(28-38(40)10-2)21-19-39(37)29-47(41)43-23-25-49-51(31-43)67-59(65-49)55-33-45-15-11-13-17-53(45)71(55)61(73)57(35(3)77-5)69-63(75)79-7/h23-32,35-36,45-46,53-58H,9-22,33-34H2,1-8H3,(H,65,67)(H,66,68)(H,69,75)(H,70,76)/t35-,36-,45+,46+,53+,54+,55+,56+,57+,58+/m1/s1. The van der Waals surface area contributed by atoms with Crippen LogP contribution in [0, 0.1) is 11.8 Å². The predicted molar refractivity (Wildman–Crippen MR) is 308 cm³/mol. The zero-order valence-electron chi connectivity index (χ0n) is 47.9. The van der Waals surface area contributed by atoms with E-state index in [4.69, 9.17) is 28.9 Å². The van der Waals surface area contributed by atoms with Gasteiger partial charge >= 0.3 is 12.2 Å². The normalized spacial score (nSPS) is 23.2. The van der Waals surface area contributed by atoms with Crippen LogP contribution in [0.3, 0.4) is 0 Å². The molecule has 80 heavy (non-hydrogen) atoms. The van der Waals surface area contributed by atoms with E-state index in [0.29, 0.717) is 11.8 Å². The smallest absolute Gasteiger partial charge is 0.407 e. The number of ether oxygens (including phenoxy) is 4. The predicted octanol–water partition coefficient (Wildman–Crippen LogP) is 11.0. The van der Waals surface area contributed by atoms with Crippen molar-refractivity contribution in [3.05, 3.63) is 106 Å². The van der Waals surface area contributed by atoms with Crippen LogP contribution < -0.4 is 10.6 Å². The molecular weight excluding hydrogens is 1010 g/mol. The molecule has 424 valence electrons. The molecule has 4 fully saturated rings. The van der Waals surface area contributed by atoms with Gasteiger partial charge in [0.25, 0.3) is 0 Å². The van der Waals surface area contributed by atoms with Crippen LogP contribution in [-0.2, 0) is 67.1 Å². The second-order valence-corrected chi connectivity index (χ2v) is 23.3. The maximum absolute atomic E-state index is 14.7. The van der Waals surface area contributed by atoms with Gasteiger partial charge in [0.15, 0.2) is 0 Å². The Morgan fingerprint density at radius 2 is 0.963 bits per heavy atom. The zero-order valence-corrected chi connectivity index (χ0v) is 47.9. The molecule has 0 unspecified atom stereocenters. The lowest BCUT2D eigenvalue weighted by molar-refractivity contribution is -0.141. The molecule has 16 nitrogen and oxygen atoms in total. The summed E-state index contributed by atoms with van der Waals surface area (Å²) in [5.74, 6) is 1.88. The Kier molecular flexibility index (Phi) is 16.1. The van der Waals surface area contributed by atoms with Gasteiger partial charge in [0.2, 0.25) is 11.8 Å². The summed E-state index contributed by atoms with van der Waals surface area (Å²) in [5.41, 5.74) is 16.4. The van der Waals surface area contributed by atoms with Gasteiger partial charge < -0.3 is 49.3 Å². The van der Waals surface area contributed by atoms with Crippen molar-refractivity contribution in [2.75, 3.05) is 28.4 Å². The number of hydrogen-bond acceptors (Lipinski definition) is 10. The van der Waals surface area contributed by atoms with Crippen LogP contribution >= 0.6 is 0 Å². The molecule has 4 amide bonds. The van der Waals surface area contributed by atoms with E-state index >= 15 is 0 Å². The van der Waals surface area contributed by atoms with Gasteiger partial charge in [0, 0.05) is 26.3 Å². The fourth-order valence-electron chi connectivity index (χ4n) is 14.6. The van der Waals surface area contributed by atoms with Gasteiger partial charge in [-0.25, -0.2) is 19.6 Å². The number of rotatable bonds is 14. The number of carbonyl (C=O) groups excluding carboxylic acids is 4. The fraction of sp³-hybridized carbons (Fsp3) is 0.531. The Morgan fingerprint density at radius 3 is 1.35 bits per heavy atom. The molecule has 6 aliphatic carbocycles. The van der Waals surface area contributed by atoms with Crippen molar-refractivity contribution in [2.24, 2.45) is 11.8 Å². The highest BCUT2D eigenvalue weighted by molar-refractivity contribution is 5.89. The third-order valence-electron chi connectivity index (χ3n) is 19.0. The summed E-state index contributed by atoms with van der Waals surface area (Å²) < 4.78 is 21.2. The molecule has 8 aliphatic rings. The van der Waals surface area contributed by atoms with Crippen molar-refractivity contribution >= 4 is 46.1 Å². The van der Waals surface area contributed by atoms with Crippen molar-refractivity contribution < 1.29 is 38.1 Å². The van der Waals surface area contributed by atoms with Gasteiger partial charge in [0.1, 0.15) is 23.7 Å². The van der Waals surface area contributed by atoms with Gasteiger partial charge in [-0.1, -0.05) is 75.9 Å². The summed E-state index contributed by atoms with van der Waals surface area (Å²) in [4.78, 5) is 76.3. The van der Waals surface area contributed by atoms with Crippen molar-refractivity contribution in [2.45, 2.75) is 179 Å². The van der Waals surface area contributed by atoms with Gasteiger partial charge in [-0.3, -0.25) is 9.59 Å². The Labute approximate surface area is 469 Å². The molecule has 10 atom stereocenters. The van der Waals surface area contributed by atoms with Crippen LogP contribution in [0.1, 0.15) is 149 Å². The number of hydrogen-bond donors (Lipinski definition) is 4. The van der Waals surface area contributed by atoms with E-state index in [0.717, 1.165) is 148 Å². The first-order valence-electron chi connectivity index (χ1n) is 29.5. The summed E-state index contributed by atoms with van der Waals surface area (Å²) in [6, 6.07) is 20.7. The molecule has 2 saturated carbocycles. The van der Waals surface area contributed by atoms with E-state index < -0.39 is 36.5 Å². The summed E-state index contributed by atoms with van der Waals surface area (Å²) in [6.45, 7) is 8.13. The second-order valence-electron chi connectivity index (χ2n) is 23.3. The highest BCUT2D eigenvalue weighted by atomic mass is 16.5. The van der Waals surface area contributed by atoms with Crippen molar-refractivity contribution in [1.29, 1.82) is 0 Å². The number of aromatic nitrogens is 4. The second kappa shape index (κ2) is 23.4. The molecular formula is C64H80N8O8. The van der Waals surface area contributed by atoms with Gasteiger partial charge in [-0.2, -0.15) is 0 Å². The third kappa shape index (κ3) is 10.5. The van der Waals surface area contributed by atoms with E-state index in [2.05, 4.69) is 95.1 Å². The van der Waals surface area contributed by atoms with E-state index in [1.165, 1.54) is 58.7 Å². The number of methoxy groups -OCH3 is 4. The molecule has 6 aromatic rings. The third-order valence-corrected chi connectivity index (χ3v) is 19.0. The first kappa shape index (κ1) is 55.1. The fourth-order valence-corrected chi connectivity index (χ4v) is 14.6. The number of aromatic amines is 2. The topological polar surface area (TPSA) is 193 Å². The molecule has 4 heterocycles. The number of H-pyrrole nitrogens is 2. The molecule has 4 N–H and O–H groups in total. The average molecular weight is 1090 g/mol. The van der Waals surface area contributed by atoms with Crippen LogP contribution in [0.2, 0.25) is 0 Å². The molecule has 4 aromatic carbocycles. The van der Waals surface area contributed by atoms with Crippen LogP contribution in [0.15, 0.2) is 60.7 Å². The Balaban J connectivity index is 0.892.